The molecule has 0 saturated carbocycles. The van der Waals surface area contributed by atoms with Gasteiger partial charge in [0, 0.05) is 12.6 Å². The fraction of sp³-hybridized carbons (Fsp3) is 0.158. The monoisotopic (exact) mass is 403 g/mol. The van der Waals surface area contributed by atoms with Gasteiger partial charge in [0.25, 0.3) is 10.0 Å². The Kier molecular flexibility index (Phi) is 5.10. The van der Waals surface area contributed by atoms with Gasteiger partial charge in [0.05, 0.1) is 19.1 Å². The number of ether oxygens (including phenoxy) is 3. The van der Waals surface area contributed by atoms with Crippen LogP contribution in [0.5, 0.6) is 5.75 Å². The molecule has 1 aliphatic rings. The fourth-order valence-corrected chi connectivity index (χ4v) is 4.18. The number of nitrogens with zero attached hydrogens (tertiary/aromatic N) is 1. The second-order valence-electron chi connectivity index (χ2n) is 5.73. The number of rotatable bonds is 4. The van der Waals surface area contributed by atoms with Crippen molar-refractivity contribution in [2.45, 2.75) is 4.90 Å². The largest absolute Gasteiger partial charge is 0.496 e. The molecule has 0 aliphatic carbocycles. The number of fused-ring (bicyclic) bond motifs is 1. The number of sulfonamides is 1. The lowest BCUT2D eigenvalue weighted by Gasteiger charge is -2.29. The molecule has 0 bridgehead atoms. The molecule has 0 N–H and O–H groups in total. The van der Waals surface area contributed by atoms with Gasteiger partial charge in [-0.05, 0) is 24.3 Å². The van der Waals surface area contributed by atoms with Crippen molar-refractivity contribution >= 4 is 27.7 Å². The van der Waals surface area contributed by atoms with Crippen molar-refractivity contribution in [1.29, 1.82) is 0 Å². The SMILES string of the molecule is COC(=O)C1=C(OC(=O)c2ccccc2OC)c2ccccc2S(=O)(=O)N1C. The Bertz CT molecular complexity index is 1090. The summed E-state index contributed by atoms with van der Waals surface area (Å²) in [5, 5.41) is 0. The molecule has 0 saturated heterocycles. The zero-order valence-corrected chi connectivity index (χ0v) is 16.1. The number of esters is 2. The molecule has 8 nitrogen and oxygen atoms in total. The molecule has 1 heterocycles. The van der Waals surface area contributed by atoms with Gasteiger partial charge in [-0.25, -0.2) is 18.0 Å². The summed E-state index contributed by atoms with van der Waals surface area (Å²) in [6, 6.07) is 12.3. The minimum Gasteiger partial charge on any atom is -0.496 e. The Morgan fingerprint density at radius 2 is 1.57 bits per heavy atom. The molecule has 0 fully saturated rings. The number of carbonyl (C=O) groups excluding carboxylic acids is 2. The van der Waals surface area contributed by atoms with Crippen LogP contribution in [0.15, 0.2) is 59.1 Å². The summed E-state index contributed by atoms with van der Waals surface area (Å²) < 4.78 is 41.6. The molecule has 0 unspecified atom stereocenters. The van der Waals surface area contributed by atoms with Crippen molar-refractivity contribution in [2.24, 2.45) is 0 Å². The number of methoxy groups -OCH3 is 2. The van der Waals surface area contributed by atoms with E-state index in [0.717, 1.165) is 11.4 Å². The molecular weight excluding hydrogens is 386 g/mol. The van der Waals surface area contributed by atoms with E-state index >= 15 is 0 Å². The summed E-state index contributed by atoms with van der Waals surface area (Å²) in [6.07, 6.45) is 0. The predicted molar refractivity (Wildman–Crippen MR) is 98.7 cm³/mol. The minimum absolute atomic E-state index is 0.0873. The maximum atomic E-state index is 12.8. The van der Waals surface area contributed by atoms with E-state index in [-0.39, 0.29) is 27.5 Å². The Morgan fingerprint density at radius 1 is 0.929 bits per heavy atom. The normalized spacial score (nSPS) is 14.9. The van der Waals surface area contributed by atoms with Crippen LogP contribution in [0.2, 0.25) is 0 Å². The van der Waals surface area contributed by atoms with Crippen molar-refractivity contribution < 1.29 is 32.2 Å². The molecule has 0 aromatic heterocycles. The third-order valence-corrected chi connectivity index (χ3v) is 6.02. The highest BCUT2D eigenvalue weighted by Gasteiger charge is 2.40. The average Bonchev–Trinajstić information content (AvgIpc) is 2.71. The Hall–Kier alpha value is -3.33. The van der Waals surface area contributed by atoms with Gasteiger partial charge >= 0.3 is 11.9 Å². The van der Waals surface area contributed by atoms with E-state index in [9.17, 15) is 18.0 Å². The summed E-state index contributed by atoms with van der Waals surface area (Å²) in [5.74, 6) is -1.70. The highest BCUT2D eigenvalue weighted by molar-refractivity contribution is 7.89. The number of carbonyl (C=O) groups is 2. The van der Waals surface area contributed by atoms with Gasteiger partial charge < -0.3 is 14.2 Å². The van der Waals surface area contributed by atoms with E-state index in [1.165, 1.54) is 38.4 Å². The molecule has 2 aromatic carbocycles. The fourth-order valence-electron chi connectivity index (χ4n) is 2.80. The number of para-hydroxylation sites is 1. The summed E-state index contributed by atoms with van der Waals surface area (Å²) in [7, 11) is -0.312. The van der Waals surface area contributed by atoms with Gasteiger partial charge in [-0.2, -0.15) is 0 Å². The van der Waals surface area contributed by atoms with Crippen LogP contribution < -0.4 is 4.74 Å². The molecule has 1 aliphatic heterocycles. The summed E-state index contributed by atoms with van der Waals surface area (Å²) in [5.41, 5.74) is -0.191. The van der Waals surface area contributed by atoms with Crippen molar-refractivity contribution in [3.63, 3.8) is 0 Å². The lowest BCUT2D eigenvalue weighted by Crippen LogP contribution is -2.36. The van der Waals surface area contributed by atoms with Crippen LogP contribution in [0.4, 0.5) is 0 Å². The van der Waals surface area contributed by atoms with Crippen LogP contribution in [-0.2, 0) is 24.3 Å². The van der Waals surface area contributed by atoms with E-state index in [2.05, 4.69) is 0 Å². The standard InChI is InChI=1S/C19H17NO7S/c1-20-16(19(22)26-3)17(13-9-5-7-11-15(13)28(20,23)24)27-18(21)12-8-4-6-10-14(12)25-2/h4-11H,1-3H3. The Labute approximate surface area is 162 Å². The first-order valence-corrected chi connectivity index (χ1v) is 9.53. The number of hydrogen-bond acceptors (Lipinski definition) is 7. The van der Waals surface area contributed by atoms with Crippen LogP contribution >= 0.6 is 0 Å². The molecule has 9 heteroatoms. The maximum Gasteiger partial charge on any atom is 0.359 e. The van der Waals surface area contributed by atoms with E-state index in [4.69, 9.17) is 14.2 Å². The van der Waals surface area contributed by atoms with Crippen LogP contribution in [0.1, 0.15) is 15.9 Å². The topological polar surface area (TPSA) is 99.2 Å². The molecule has 0 radical (unpaired) electrons. The molecule has 2 aromatic rings. The van der Waals surface area contributed by atoms with Gasteiger partial charge in [-0.15, -0.1) is 0 Å². The van der Waals surface area contributed by atoms with Crippen molar-refractivity contribution in [2.75, 3.05) is 21.3 Å². The van der Waals surface area contributed by atoms with Crippen molar-refractivity contribution in [1.82, 2.24) is 4.31 Å². The van der Waals surface area contributed by atoms with Crippen LogP contribution in [0.25, 0.3) is 5.76 Å². The second kappa shape index (κ2) is 7.35. The molecule has 146 valence electrons. The van der Waals surface area contributed by atoms with Crippen LogP contribution in [0, 0.1) is 0 Å². The highest BCUT2D eigenvalue weighted by atomic mass is 32.2. The van der Waals surface area contributed by atoms with E-state index in [0.29, 0.717) is 0 Å². The first-order chi connectivity index (χ1) is 13.3. The second-order valence-corrected chi connectivity index (χ2v) is 7.67. The minimum atomic E-state index is -4.01. The van der Waals surface area contributed by atoms with Crippen molar-refractivity contribution in [3.8, 4) is 5.75 Å². The molecule has 28 heavy (non-hydrogen) atoms. The van der Waals surface area contributed by atoms with Gasteiger partial charge in [-0.3, -0.25) is 4.31 Å². The highest BCUT2D eigenvalue weighted by Crippen LogP contribution is 2.37. The molecule has 0 amide bonds. The molecule has 0 spiro atoms. The van der Waals surface area contributed by atoms with E-state index < -0.39 is 27.7 Å². The number of benzene rings is 2. The smallest absolute Gasteiger partial charge is 0.359 e. The van der Waals surface area contributed by atoms with Gasteiger partial charge in [-0.1, -0.05) is 24.3 Å². The van der Waals surface area contributed by atoms with Gasteiger partial charge in [0.15, 0.2) is 11.5 Å². The van der Waals surface area contributed by atoms with Crippen molar-refractivity contribution in [3.05, 3.63) is 65.4 Å². The lowest BCUT2D eigenvalue weighted by molar-refractivity contribution is -0.137. The lowest BCUT2D eigenvalue weighted by atomic mass is 10.1. The zero-order valence-electron chi connectivity index (χ0n) is 15.3. The summed E-state index contributed by atoms with van der Waals surface area (Å²) >= 11 is 0. The van der Waals surface area contributed by atoms with Gasteiger partial charge in [0.1, 0.15) is 11.3 Å². The van der Waals surface area contributed by atoms with Gasteiger partial charge in [0.2, 0.25) is 0 Å². The zero-order chi connectivity index (χ0) is 20.5. The predicted octanol–water partition coefficient (Wildman–Crippen LogP) is 2.03. The van der Waals surface area contributed by atoms with Crippen LogP contribution in [-0.4, -0.2) is 45.9 Å². The molecular formula is C19H17NO7S. The molecule has 3 rings (SSSR count). The van der Waals surface area contributed by atoms with Crippen LogP contribution in [0.3, 0.4) is 0 Å². The molecule has 0 atom stereocenters. The number of hydrogen-bond donors (Lipinski definition) is 0. The Morgan fingerprint density at radius 3 is 2.25 bits per heavy atom. The maximum absolute atomic E-state index is 12.8. The van der Waals surface area contributed by atoms with E-state index in [1.54, 1.807) is 24.3 Å². The van der Waals surface area contributed by atoms with E-state index in [1.807, 2.05) is 0 Å². The summed E-state index contributed by atoms with van der Waals surface area (Å²) in [4.78, 5) is 25.0. The summed E-state index contributed by atoms with van der Waals surface area (Å²) in [6.45, 7) is 0. The average molecular weight is 403 g/mol. The third-order valence-electron chi connectivity index (χ3n) is 4.20. The third kappa shape index (κ3) is 3.09. The quantitative estimate of drug-likeness (QED) is 0.720. The first-order valence-electron chi connectivity index (χ1n) is 8.09. The number of likely N-dealkylation sites (N-methyl/N-ethyl adjacent to an activating group) is 1. The first kappa shape index (κ1) is 19.4. The Balaban J connectivity index is 2.19.